The molecule has 1 amide bonds. The summed E-state index contributed by atoms with van der Waals surface area (Å²) >= 11 is 0. The Balaban J connectivity index is 1.94. The standard InChI is InChI=1S/C15H18N2O3S/c1-10-8-17(6-7-21(19)9-10)15(18)12-4-3-5-13-14(12)16-11(2)20-13/h3-5,10H,6-9H2,1-2H3/t10-,21-/m0/s1. The molecule has 1 aliphatic rings. The van der Waals surface area contributed by atoms with Crippen LogP contribution in [0.1, 0.15) is 23.2 Å². The van der Waals surface area contributed by atoms with Gasteiger partial charge in [-0.2, -0.15) is 0 Å². The minimum absolute atomic E-state index is 0.0559. The second-order valence-electron chi connectivity index (χ2n) is 5.55. The first-order valence-corrected chi connectivity index (χ1v) is 8.54. The lowest BCUT2D eigenvalue weighted by molar-refractivity contribution is 0.0753. The van der Waals surface area contributed by atoms with Gasteiger partial charge in [0.2, 0.25) is 0 Å². The molecule has 21 heavy (non-hydrogen) atoms. The van der Waals surface area contributed by atoms with E-state index in [0.29, 0.717) is 47.1 Å². The van der Waals surface area contributed by atoms with E-state index in [-0.39, 0.29) is 11.8 Å². The number of para-hydroxylation sites is 1. The summed E-state index contributed by atoms with van der Waals surface area (Å²) in [5, 5.41) is 0. The van der Waals surface area contributed by atoms with Gasteiger partial charge in [-0.05, 0) is 18.1 Å². The Hall–Kier alpha value is -1.69. The van der Waals surface area contributed by atoms with Crippen molar-refractivity contribution in [2.24, 2.45) is 5.92 Å². The normalized spacial score (nSPS) is 23.2. The van der Waals surface area contributed by atoms with Gasteiger partial charge < -0.3 is 9.32 Å². The second-order valence-corrected chi connectivity index (χ2v) is 7.17. The summed E-state index contributed by atoms with van der Waals surface area (Å²) in [6, 6.07) is 5.39. The maximum atomic E-state index is 12.8. The highest BCUT2D eigenvalue weighted by Gasteiger charge is 2.25. The summed E-state index contributed by atoms with van der Waals surface area (Å²) < 4.78 is 17.2. The molecule has 1 aliphatic heterocycles. The number of amides is 1. The molecule has 0 N–H and O–H groups in total. The van der Waals surface area contributed by atoms with Crippen molar-refractivity contribution >= 4 is 27.8 Å². The molecule has 0 unspecified atom stereocenters. The van der Waals surface area contributed by atoms with Crippen LogP contribution in [-0.4, -0.2) is 44.6 Å². The van der Waals surface area contributed by atoms with Gasteiger partial charge in [-0.25, -0.2) is 4.98 Å². The number of oxazole rings is 1. The van der Waals surface area contributed by atoms with Gasteiger partial charge in [0.1, 0.15) is 5.52 Å². The summed E-state index contributed by atoms with van der Waals surface area (Å²) in [6.07, 6.45) is 0. The Morgan fingerprint density at radius 3 is 3.10 bits per heavy atom. The van der Waals surface area contributed by atoms with Crippen LogP contribution in [0.5, 0.6) is 0 Å². The van der Waals surface area contributed by atoms with Gasteiger partial charge in [-0.3, -0.25) is 9.00 Å². The van der Waals surface area contributed by atoms with E-state index < -0.39 is 10.8 Å². The van der Waals surface area contributed by atoms with Crippen LogP contribution < -0.4 is 0 Å². The first-order valence-electron chi connectivity index (χ1n) is 7.05. The van der Waals surface area contributed by atoms with Gasteiger partial charge in [0.25, 0.3) is 5.91 Å². The summed E-state index contributed by atoms with van der Waals surface area (Å²) in [5.74, 6) is 1.95. The lowest BCUT2D eigenvalue weighted by atomic mass is 10.1. The van der Waals surface area contributed by atoms with E-state index in [2.05, 4.69) is 4.98 Å². The Morgan fingerprint density at radius 1 is 1.48 bits per heavy atom. The molecule has 1 aromatic heterocycles. The number of aromatic nitrogens is 1. The van der Waals surface area contributed by atoms with Crippen molar-refractivity contribution in [1.29, 1.82) is 0 Å². The molecule has 0 radical (unpaired) electrons. The van der Waals surface area contributed by atoms with Crippen LogP contribution in [0, 0.1) is 12.8 Å². The summed E-state index contributed by atoms with van der Waals surface area (Å²) in [5.41, 5.74) is 1.80. The zero-order chi connectivity index (χ0) is 15.0. The number of fused-ring (bicyclic) bond motifs is 1. The van der Waals surface area contributed by atoms with Gasteiger partial charge in [0, 0.05) is 42.3 Å². The van der Waals surface area contributed by atoms with Crippen molar-refractivity contribution in [2.45, 2.75) is 13.8 Å². The quantitative estimate of drug-likeness (QED) is 0.808. The third-order valence-electron chi connectivity index (χ3n) is 3.63. The van der Waals surface area contributed by atoms with Crippen molar-refractivity contribution in [2.75, 3.05) is 24.6 Å². The average Bonchev–Trinajstić information content (AvgIpc) is 2.73. The maximum absolute atomic E-state index is 12.8. The van der Waals surface area contributed by atoms with Gasteiger partial charge >= 0.3 is 0 Å². The van der Waals surface area contributed by atoms with E-state index >= 15 is 0 Å². The highest BCUT2D eigenvalue weighted by atomic mass is 32.2. The topological polar surface area (TPSA) is 63.4 Å². The average molecular weight is 306 g/mol. The second kappa shape index (κ2) is 5.60. The number of hydrogen-bond acceptors (Lipinski definition) is 4. The zero-order valence-electron chi connectivity index (χ0n) is 12.2. The van der Waals surface area contributed by atoms with Crippen LogP contribution >= 0.6 is 0 Å². The van der Waals surface area contributed by atoms with E-state index in [1.54, 1.807) is 24.0 Å². The Morgan fingerprint density at radius 2 is 2.29 bits per heavy atom. The molecule has 2 atom stereocenters. The predicted octanol–water partition coefficient (Wildman–Crippen LogP) is 1.98. The highest BCUT2D eigenvalue weighted by Crippen LogP contribution is 2.21. The van der Waals surface area contributed by atoms with Crippen LogP contribution in [0.3, 0.4) is 0 Å². The van der Waals surface area contributed by atoms with Crippen molar-refractivity contribution in [3.63, 3.8) is 0 Å². The molecule has 0 spiro atoms. The molecule has 1 aromatic carbocycles. The molecule has 2 aromatic rings. The fourth-order valence-corrected chi connectivity index (χ4v) is 4.05. The fraction of sp³-hybridized carbons (Fsp3) is 0.467. The zero-order valence-corrected chi connectivity index (χ0v) is 13.0. The molecule has 1 saturated heterocycles. The minimum Gasteiger partial charge on any atom is -0.441 e. The molecule has 0 aliphatic carbocycles. The minimum atomic E-state index is -0.832. The molecular weight excluding hydrogens is 288 g/mol. The summed E-state index contributed by atoms with van der Waals surface area (Å²) in [6.45, 7) is 4.97. The van der Waals surface area contributed by atoms with E-state index in [9.17, 15) is 9.00 Å². The van der Waals surface area contributed by atoms with Crippen molar-refractivity contribution in [3.05, 3.63) is 29.7 Å². The molecular formula is C15H18N2O3S. The van der Waals surface area contributed by atoms with Crippen LogP contribution in [0.4, 0.5) is 0 Å². The lowest BCUT2D eigenvalue weighted by Crippen LogP contribution is -2.35. The fourth-order valence-electron chi connectivity index (χ4n) is 2.72. The third kappa shape index (κ3) is 2.85. The Labute approximate surface area is 125 Å². The van der Waals surface area contributed by atoms with Crippen molar-refractivity contribution in [1.82, 2.24) is 9.88 Å². The SMILES string of the molecule is Cc1nc2c(C(=O)N3CC[S@](=O)C[C@@H](C)C3)cccc2o1. The number of rotatable bonds is 1. The van der Waals surface area contributed by atoms with Crippen LogP contribution in [0.2, 0.25) is 0 Å². The van der Waals surface area contributed by atoms with Crippen molar-refractivity contribution < 1.29 is 13.4 Å². The highest BCUT2D eigenvalue weighted by molar-refractivity contribution is 7.85. The molecule has 1 fully saturated rings. The Bertz CT molecular complexity index is 710. The van der Waals surface area contributed by atoms with Crippen LogP contribution in [0.25, 0.3) is 11.1 Å². The maximum Gasteiger partial charge on any atom is 0.256 e. The molecule has 6 heteroatoms. The molecule has 2 heterocycles. The molecule has 0 bridgehead atoms. The third-order valence-corrected chi connectivity index (χ3v) is 5.21. The molecule has 5 nitrogen and oxygen atoms in total. The van der Waals surface area contributed by atoms with E-state index in [0.717, 1.165) is 0 Å². The largest absolute Gasteiger partial charge is 0.441 e. The monoisotopic (exact) mass is 306 g/mol. The van der Waals surface area contributed by atoms with E-state index in [4.69, 9.17) is 4.42 Å². The Kier molecular flexibility index (Phi) is 3.80. The first-order chi connectivity index (χ1) is 10.0. The van der Waals surface area contributed by atoms with E-state index in [1.165, 1.54) is 0 Å². The number of carbonyl (C=O) groups is 1. The van der Waals surface area contributed by atoms with Gasteiger partial charge in [-0.1, -0.05) is 13.0 Å². The summed E-state index contributed by atoms with van der Waals surface area (Å²) in [7, 11) is -0.832. The molecule has 112 valence electrons. The predicted molar refractivity (Wildman–Crippen MR) is 81.7 cm³/mol. The number of nitrogens with zero attached hydrogens (tertiary/aromatic N) is 2. The van der Waals surface area contributed by atoms with Gasteiger partial charge in [0.15, 0.2) is 11.5 Å². The van der Waals surface area contributed by atoms with Crippen LogP contribution in [0.15, 0.2) is 22.6 Å². The summed E-state index contributed by atoms with van der Waals surface area (Å²) in [4.78, 5) is 18.9. The molecule has 3 rings (SSSR count). The molecule has 0 saturated carbocycles. The number of hydrogen-bond donors (Lipinski definition) is 0. The smallest absolute Gasteiger partial charge is 0.256 e. The lowest BCUT2D eigenvalue weighted by Gasteiger charge is -2.22. The van der Waals surface area contributed by atoms with Crippen molar-refractivity contribution in [3.8, 4) is 0 Å². The first kappa shape index (κ1) is 14.3. The van der Waals surface area contributed by atoms with Gasteiger partial charge in [0.05, 0.1) is 5.56 Å². The van der Waals surface area contributed by atoms with Crippen LogP contribution in [-0.2, 0) is 10.8 Å². The number of benzene rings is 1. The number of aryl methyl sites for hydroxylation is 1. The van der Waals surface area contributed by atoms with Gasteiger partial charge in [-0.15, -0.1) is 0 Å². The van der Waals surface area contributed by atoms with E-state index in [1.807, 2.05) is 13.0 Å². The number of carbonyl (C=O) groups excluding carboxylic acids is 1.